The van der Waals surface area contributed by atoms with Crippen LogP contribution >= 0.6 is 0 Å². The second-order valence-electron chi connectivity index (χ2n) is 6.07. The molecule has 1 unspecified atom stereocenters. The Morgan fingerprint density at radius 3 is 2.14 bits per heavy atom. The minimum absolute atomic E-state index is 0.0493. The third-order valence-electron chi connectivity index (χ3n) is 3.39. The number of rotatable bonds is 6. The van der Waals surface area contributed by atoms with Gasteiger partial charge in [-0.1, -0.05) is 39.8 Å². The van der Waals surface area contributed by atoms with Gasteiger partial charge in [0.15, 0.2) is 0 Å². The minimum atomic E-state index is -3.67. The second-order valence-corrected chi connectivity index (χ2v) is 7.84. The lowest BCUT2D eigenvalue weighted by Crippen LogP contribution is -2.32. The predicted molar refractivity (Wildman–Crippen MR) is 81.7 cm³/mol. The molecule has 0 heterocycles. The molecule has 0 amide bonds. The molecule has 0 spiro atoms. The van der Waals surface area contributed by atoms with E-state index in [4.69, 9.17) is 5.11 Å². The van der Waals surface area contributed by atoms with Crippen LogP contribution in [-0.4, -0.2) is 26.0 Å². The fourth-order valence-corrected chi connectivity index (χ4v) is 2.92. The molecule has 0 aliphatic heterocycles. The maximum atomic E-state index is 12.1. The van der Waals surface area contributed by atoms with Crippen LogP contribution in [0.3, 0.4) is 0 Å². The highest BCUT2D eigenvalue weighted by Gasteiger charge is 2.21. The molecular weight excluding hydrogens is 290 g/mol. The number of hydrogen-bond donors (Lipinski definition) is 2. The van der Waals surface area contributed by atoms with Gasteiger partial charge in [-0.3, -0.25) is 4.79 Å². The Balaban J connectivity index is 2.86. The van der Waals surface area contributed by atoms with Crippen molar-refractivity contribution in [2.45, 2.75) is 44.4 Å². The van der Waals surface area contributed by atoms with Crippen LogP contribution in [-0.2, 0) is 20.2 Å². The van der Waals surface area contributed by atoms with E-state index in [1.54, 1.807) is 31.2 Å². The van der Waals surface area contributed by atoms with Gasteiger partial charge >= 0.3 is 5.97 Å². The summed E-state index contributed by atoms with van der Waals surface area (Å²) in [5.41, 5.74) is 0.991. The van der Waals surface area contributed by atoms with Crippen LogP contribution in [0.5, 0.6) is 0 Å². The average Bonchev–Trinajstić information content (AvgIpc) is 2.38. The van der Waals surface area contributed by atoms with Gasteiger partial charge in [-0.05, 0) is 29.5 Å². The van der Waals surface area contributed by atoms with Crippen LogP contribution in [0.4, 0.5) is 0 Å². The van der Waals surface area contributed by atoms with E-state index in [-0.39, 0.29) is 16.9 Å². The Labute approximate surface area is 126 Å². The van der Waals surface area contributed by atoms with Gasteiger partial charge in [0.05, 0.1) is 10.8 Å². The van der Waals surface area contributed by atoms with Gasteiger partial charge in [0.25, 0.3) is 0 Å². The van der Waals surface area contributed by atoms with Crippen molar-refractivity contribution in [2.75, 3.05) is 6.54 Å². The molecular formula is C15H23NO4S. The first kappa shape index (κ1) is 17.7. The minimum Gasteiger partial charge on any atom is -0.481 e. The smallest absolute Gasteiger partial charge is 0.307 e. The molecule has 0 aliphatic carbocycles. The first-order valence-electron chi connectivity index (χ1n) is 6.91. The maximum absolute atomic E-state index is 12.1. The number of aliphatic carboxylic acids is 1. The summed E-state index contributed by atoms with van der Waals surface area (Å²) in [5.74, 6) is -1.71. The van der Waals surface area contributed by atoms with Crippen LogP contribution < -0.4 is 4.72 Å². The fourth-order valence-electron chi connectivity index (χ4n) is 1.83. The largest absolute Gasteiger partial charge is 0.481 e. The number of sulfonamides is 1. The fraction of sp³-hybridized carbons (Fsp3) is 0.533. The third kappa shape index (κ3) is 4.82. The van der Waals surface area contributed by atoms with Crippen molar-refractivity contribution in [2.24, 2.45) is 5.92 Å². The third-order valence-corrected chi connectivity index (χ3v) is 4.83. The summed E-state index contributed by atoms with van der Waals surface area (Å²) in [6.07, 6.45) is 0.376. The van der Waals surface area contributed by atoms with Crippen molar-refractivity contribution in [3.63, 3.8) is 0 Å². The second kappa shape index (κ2) is 6.58. The molecule has 1 atom stereocenters. The SMILES string of the molecule is CCC(CNS(=O)(=O)c1ccc(C(C)(C)C)cc1)C(=O)O. The predicted octanol–water partition coefficient (Wildman–Crippen LogP) is 2.37. The highest BCUT2D eigenvalue weighted by molar-refractivity contribution is 7.89. The van der Waals surface area contributed by atoms with Gasteiger partial charge in [0.2, 0.25) is 10.0 Å². The van der Waals surface area contributed by atoms with E-state index in [0.717, 1.165) is 5.56 Å². The average molecular weight is 313 g/mol. The zero-order valence-electron chi connectivity index (χ0n) is 12.9. The summed E-state index contributed by atoms with van der Waals surface area (Å²) < 4.78 is 26.6. The first-order chi connectivity index (χ1) is 9.58. The Morgan fingerprint density at radius 1 is 1.24 bits per heavy atom. The summed E-state index contributed by atoms with van der Waals surface area (Å²) in [6, 6.07) is 6.65. The normalized spacial score (nSPS) is 13.9. The molecule has 0 radical (unpaired) electrons. The molecule has 0 aromatic heterocycles. The Kier molecular flexibility index (Phi) is 5.53. The van der Waals surface area contributed by atoms with E-state index in [1.807, 2.05) is 20.8 Å². The lowest BCUT2D eigenvalue weighted by molar-refractivity contribution is -0.141. The highest BCUT2D eigenvalue weighted by atomic mass is 32.2. The number of hydrogen-bond acceptors (Lipinski definition) is 3. The van der Waals surface area contributed by atoms with Crippen LogP contribution in [0.15, 0.2) is 29.2 Å². The van der Waals surface area contributed by atoms with Gasteiger partial charge in [-0.25, -0.2) is 13.1 Å². The highest BCUT2D eigenvalue weighted by Crippen LogP contribution is 2.23. The van der Waals surface area contributed by atoms with E-state index in [9.17, 15) is 13.2 Å². The van der Waals surface area contributed by atoms with E-state index in [2.05, 4.69) is 4.72 Å². The van der Waals surface area contributed by atoms with Gasteiger partial charge in [-0.2, -0.15) is 0 Å². The van der Waals surface area contributed by atoms with Gasteiger partial charge < -0.3 is 5.11 Å². The van der Waals surface area contributed by atoms with Crippen molar-refractivity contribution in [1.82, 2.24) is 4.72 Å². The molecule has 0 saturated heterocycles. The number of benzene rings is 1. The topological polar surface area (TPSA) is 83.5 Å². The zero-order chi connectivity index (χ0) is 16.3. The zero-order valence-corrected chi connectivity index (χ0v) is 13.7. The molecule has 1 aromatic carbocycles. The van der Waals surface area contributed by atoms with Gasteiger partial charge in [-0.15, -0.1) is 0 Å². The molecule has 6 heteroatoms. The van der Waals surface area contributed by atoms with Gasteiger partial charge in [0, 0.05) is 6.54 Å². The monoisotopic (exact) mass is 313 g/mol. The molecule has 0 saturated carbocycles. The number of carbonyl (C=O) groups is 1. The summed E-state index contributed by atoms with van der Waals surface area (Å²) in [6.45, 7) is 7.76. The summed E-state index contributed by atoms with van der Waals surface area (Å²) in [7, 11) is -3.67. The molecule has 118 valence electrons. The van der Waals surface area contributed by atoms with Crippen molar-refractivity contribution in [3.8, 4) is 0 Å². The molecule has 21 heavy (non-hydrogen) atoms. The number of carboxylic acid groups (broad SMARTS) is 1. The molecule has 0 aliphatic rings. The van der Waals surface area contributed by atoms with Crippen molar-refractivity contribution in [3.05, 3.63) is 29.8 Å². The van der Waals surface area contributed by atoms with Crippen LogP contribution in [0.25, 0.3) is 0 Å². The van der Waals surface area contributed by atoms with E-state index in [1.165, 1.54) is 0 Å². The molecule has 1 aromatic rings. The van der Waals surface area contributed by atoms with Crippen LogP contribution in [0.1, 0.15) is 39.7 Å². The van der Waals surface area contributed by atoms with Crippen molar-refractivity contribution in [1.29, 1.82) is 0 Å². The van der Waals surface area contributed by atoms with Crippen LogP contribution in [0.2, 0.25) is 0 Å². The molecule has 2 N–H and O–H groups in total. The number of nitrogens with one attached hydrogen (secondary N) is 1. The summed E-state index contributed by atoms with van der Waals surface area (Å²) in [4.78, 5) is 11.1. The lowest BCUT2D eigenvalue weighted by atomic mass is 9.87. The van der Waals surface area contributed by atoms with E-state index in [0.29, 0.717) is 6.42 Å². The maximum Gasteiger partial charge on any atom is 0.307 e. The molecule has 0 fully saturated rings. The van der Waals surface area contributed by atoms with E-state index >= 15 is 0 Å². The standard InChI is InChI=1S/C15H23NO4S/c1-5-11(14(17)18)10-16-21(19,20)13-8-6-12(7-9-13)15(2,3)4/h6-9,11,16H,5,10H2,1-4H3,(H,17,18). The molecule has 5 nitrogen and oxygen atoms in total. The lowest BCUT2D eigenvalue weighted by Gasteiger charge is -2.19. The summed E-state index contributed by atoms with van der Waals surface area (Å²) in [5, 5.41) is 8.93. The van der Waals surface area contributed by atoms with Crippen molar-refractivity contribution < 1.29 is 18.3 Å². The van der Waals surface area contributed by atoms with Crippen LogP contribution in [0, 0.1) is 5.92 Å². The Hall–Kier alpha value is -1.40. The Morgan fingerprint density at radius 2 is 1.76 bits per heavy atom. The van der Waals surface area contributed by atoms with Gasteiger partial charge in [0.1, 0.15) is 0 Å². The Bertz CT molecular complexity index is 585. The molecule has 0 bridgehead atoms. The number of carboxylic acids is 1. The van der Waals surface area contributed by atoms with E-state index < -0.39 is 21.9 Å². The van der Waals surface area contributed by atoms with Crippen molar-refractivity contribution >= 4 is 16.0 Å². The first-order valence-corrected chi connectivity index (χ1v) is 8.39. The summed E-state index contributed by atoms with van der Waals surface area (Å²) >= 11 is 0. The quantitative estimate of drug-likeness (QED) is 0.844. The molecule has 1 rings (SSSR count).